The van der Waals surface area contributed by atoms with Crippen LogP contribution in [0.5, 0.6) is 0 Å². The molecular weight excluding hydrogens is 254 g/mol. The highest BCUT2D eigenvalue weighted by Crippen LogP contribution is 2.16. The summed E-state index contributed by atoms with van der Waals surface area (Å²) in [7, 11) is 0. The molecule has 0 saturated carbocycles. The fourth-order valence-corrected chi connectivity index (χ4v) is 1.97. The van der Waals surface area contributed by atoms with Crippen LogP contribution in [0.1, 0.15) is 16.3 Å². The number of aliphatic hydroxyl groups excluding tert-OH is 3. The lowest BCUT2D eigenvalue weighted by Gasteiger charge is -2.36. The van der Waals surface area contributed by atoms with Crippen molar-refractivity contribution in [2.45, 2.75) is 31.3 Å². The standard InChI is InChI=1S/C12H17NO6/c1-6-2-3-8(19-6)12(17)13-7-5-18-9(4-14)11(16)10(7)15/h2-3,7,9-11,14-16H,4-5H2,1H3,(H,13,17). The number of hydrogen-bond donors (Lipinski definition) is 4. The molecular formula is C12H17NO6. The molecule has 4 unspecified atom stereocenters. The fourth-order valence-electron chi connectivity index (χ4n) is 1.97. The highest BCUT2D eigenvalue weighted by atomic mass is 16.5. The molecule has 1 aliphatic rings. The topological polar surface area (TPSA) is 112 Å². The van der Waals surface area contributed by atoms with Crippen molar-refractivity contribution in [2.24, 2.45) is 0 Å². The van der Waals surface area contributed by atoms with Gasteiger partial charge in [0.05, 0.1) is 19.3 Å². The first-order valence-corrected chi connectivity index (χ1v) is 5.99. The zero-order valence-electron chi connectivity index (χ0n) is 10.4. The smallest absolute Gasteiger partial charge is 0.287 e. The van der Waals surface area contributed by atoms with E-state index in [1.165, 1.54) is 6.07 Å². The minimum atomic E-state index is -1.25. The number of aryl methyl sites for hydroxylation is 1. The molecule has 1 amide bonds. The molecule has 1 saturated heterocycles. The normalized spacial score (nSPS) is 31.2. The number of carbonyl (C=O) groups excluding carboxylic acids is 1. The number of hydrogen-bond acceptors (Lipinski definition) is 6. The Morgan fingerprint density at radius 2 is 2.16 bits per heavy atom. The lowest BCUT2D eigenvalue weighted by Crippen LogP contribution is -2.59. The average Bonchev–Trinajstić information content (AvgIpc) is 2.82. The Balaban J connectivity index is 1.98. The number of carbonyl (C=O) groups is 1. The van der Waals surface area contributed by atoms with Crippen LogP contribution in [0.4, 0.5) is 0 Å². The van der Waals surface area contributed by atoms with Crippen LogP contribution in [0.2, 0.25) is 0 Å². The molecule has 19 heavy (non-hydrogen) atoms. The van der Waals surface area contributed by atoms with E-state index in [0.717, 1.165) is 0 Å². The minimum Gasteiger partial charge on any atom is -0.456 e. The van der Waals surface area contributed by atoms with Gasteiger partial charge < -0.3 is 29.8 Å². The maximum absolute atomic E-state index is 11.8. The summed E-state index contributed by atoms with van der Waals surface area (Å²) in [6.07, 6.45) is -3.29. The Labute approximate surface area is 109 Å². The largest absolute Gasteiger partial charge is 0.456 e. The summed E-state index contributed by atoms with van der Waals surface area (Å²) in [6.45, 7) is 1.33. The molecule has 0 spiro atoms. The van der Waals surface area contributed by atoms with E-state index in [0.29, 0.717) is 5.76 Å². The highest BCUT2D eigenvalue weighted by Gasteiger charge is 2.39. The number of rotatable bonds is 3. The highest BCUT2D eigenvalue weighted by molar-refractivity contribution is 5.91. The first-order valence-electron chi connectivity index (χ1n) is 5.99. The second-order valence-corrected chi connectivity index (χ2v) is 4.53. The van der Waals surface area contributed by atoms with Crippen molar-refractivity contribution in [1.29, 1.82) is 0 Å². The third kappa shape index (κ3) is 2.95. The van der Waals surface area contributed by atoms with Gasteiger partial charge in [-0.2, -0.15) is 0 Å². The van der Waals surface area contributed by atoms with Crippen molar-refractivity contribution >= 4 is 5.91 Å². The van der Waals surface area contributed by atoms with Gasteiger partial charge in [-0.3, -0.25) is 4.79 Å². The molecule has 7 heteroatoms. The molecule has 1 aromatic rings. The monoisotopic (exact) mass is 271 g/mol. The fraction of sp³-hybridized carbons (Fsp3) is 0.583. The molecule has 4 N–H and O–H groups in total. The SMILES string of the molecule is Cc1ccc(C(=O)NC2COC(CO)C(O)C2O)o1. The zero-order chi connectivity index (χ0) is 14.0. The first-order chi connectivity index (χ1) is 9.02. The van der Waals surface area contributed by atoms with Crippen LogP contribution in [0.25, 0.3) is 0 Å². The van der Waals surface area contributed by atoms with E-state index in [1.54, 1.807) is 13.0 Å². The number of furan rings is 1. The van der Waals surface area contributed by atoms with Crippen molar-refractivity contribution in [3.8, 4) is 0 Å². The van der Waals surface area contributed by atoms with Gasteiger partial charge >= 0.3 is 0 Å². The van der Waals surface area contributed by atoms with Crippen LogP contribution < -0.4 is 5.32 Å². The predicted molar refractivity (Wildman–Crippen MR) is 63.5 cm³/mol. The summed E-state index contributed by atoms with van der Waals surface area (Å²) < 4.78 is 10.3. The summed E-state index contributed by atoms with van der Waals surface area (Å²) in [5, 5.41) is 31.0. The van der Waals surface area contributed by atoms with Gasteiger partial charge in [0, 0.05) is 0 Å². The van der Waals surface area contributed by atoms with Gasteiger partial charge in [-0.05, 0) is 19.1 Å². The second kappa shape index (κ2) is 5.70. The van der Waals surface area contributed by atoms with E-state index >= 15 is 0 Å². The Bertz CT molecular complexity index is 445. The third-order valence-corrected chi connectivity index (χ3v) is 3.09. The molecule has 0 aromatic carbocycles. The predicted octanol–water partition coefficient (Wildman–Crippen LogP) is -1.20. The molecule has 2 heterocycles. The van der Waals surface area contributed by atoms with Crippen molar-refractivity contribution < 1.29 is 29.3 Å². The van der Waals surface area contributed by atoms with Gasteiger partial charge in [0.2, 0.25) is 0 Å². The minimum absolute atomic E-state index is 0.00881. The van der Waals surface area contributed by atoms with Gasteiger partial charge in [0.25, 0.3) is 5.91 Å². The average molecular weight is 271 g/mol. The molecule has 0 bridgehead atoms. The molecule has 2 rings (SSSR count). The first kappa shape index (κ1) is 14.0. The Morgan fingerprint density at radius 3 is 2.74 bits per heavy atom. The van der Waals surface area contributed by atoms with Crippen molar-refractivity contribution in [2.75, 3.05) is 13.2 Å². The van der Waals surface area contributed by atoms with E-state index in [1.807, 2.05) is 0 Å². The van der Waals surface area contributed by atoms with Crippen LogP contribution in [0.3, 0.4) is 0 Å². The molecule has 1 aromatic heterocycles. The van der Waals surface area contributed by atoms with Crippen molar-refractivity contribution in [3.63, 3.8) is 0 Å². The quantitative estimate of drug-likeness (QED) is 0.549. The summed E-state index contributed by atoms with van der Waals surface area (Å²) in [4.78, 5) is 11.8. The maximum Gasteiger partial charge on any atom is 0.287 e. The molecule has 7 nitrogen and oxygen atoms in total. The van der Waals surface area contributed by atoms with Crippen LogP contribution >= 0.6 is 0 Å². The number of nitrogens with one attached hydrogen (secondary N) is 1. The van der Waals surface area contributed by atoms with E-state index in [4.69, 9.17) is 14.3 Å². The summed E-state index contributed by atoms with van der Waals surface area (Å²) in [5.74, 6) is 0.241. The second-order valence-electron chi connectivity index (χ2n) is 4.53. The molecule has 106 valence electrons. The molecule has 1 fully saturated rings. The lowest BCUT2D eigenvalue weighted by molar-refractivity contribution is -0.159. The van der Waals surface area contributed by atoms with E-state index < -0.39 is 36.9 Å². The van der Waals surface area contributed by atoms with Crippen LogP contribution in [0.15, 0.2) is 16.5 Å². The van der Waals surface area contributed by atoms with Gasteiger partial charge in [-0.1, -0.05) is 0 Å². The van der Waals surface area contributed by atoms with E-state index in [9.17, 15) is 15.0 Å². The maximum atomic E-state index is 11.8. The van der Waals surface area contributed by atoms with Crippen LogP contribution in [0, 0.1) is 6.92 Å². The van der Waals surface area contributed by atoms with E-state index in [2.05, 4.69) is 5.32 Å². The zero-order valence-corrected chi connectivity index (χ0v) is 10.4. The molecule has 0 radical (unpaired) electrons. The van der Waals surface area contributed by atoms with Gasteiger partial charge in [0.1, 0.15) is 24.1 Å². The summed E-state index contributed by atoms with van der Waals surface area (Å²) in [5.41, 5.74) is 0. The Hall–Kier alpha value is -1.41. The number of aliphatic hydroxyl groups is 3. The summed E-state index contributed by atoms with van der Waals surface area (Å²) in [6, 6.07) is 2.42. The molecule has 1 aliphatic heterocycles. The lowest BCUT2D eigenvalue weighted by atomic mass is 9.98. The van der Waals surface area contributed by atoms with Gasteiger partial charge in [0.15, 0.2) is 5.76 Å². The number of amides is 1. The number of ether oxygens (including phenoxy) is 1. The summed E-state index contributed by atoms with van der Waals surface area (Å²) >= 11 is 0. The van der Waals surface area contributed by atoms with Crippen molar-refractivity contribution in [3.05, 3.63) is 23.7 Å². The van der Waals surface area contributed by atoms with Gasteiger partial charge in [-0.25, -0.2) is 0 Å². The molecule has 4 atom stereocenters. The van der Waals surface area contributed by atoms with Gasteiger partial charge in [-0.15, -0.1) is 0 Å². The van der Waals surface area contributed by atoms with E-state index in [-0.39, 0.29) is 12.4 Å². The Kier molecular flexibility index (Phi) is 4.20. The molecule has 0 aliphatic carbocycles. The van der Waals surface area contributed by atoms with Crippen molar-refractivity contribution in [1.82, 2.24) is 5.32 Å². The third-order valence-electron chi connectivity index (χ3n) is 3.09. The van der Waals surface area contributed by atoms with Crippen LogP contribution in [-0.2, 0) is 4.74 Å². The Morgan fingerprint density at radius 1 is 1.42 bits per heavy atom. The van der Waals surface area contributed by atoms with Crippen LogP contribution in [-0.4, -0.2) is 58.8 Å².